The Bertz CT molecular complexity index is 1270. The summed E-state index contributed by atoms with van der Waals surface area (Å²) >= 11 is 12.4. The molecule has 0 bridgehead atoms. The van der Waals surface area contributed by atoms with Gasteiger partial charge < -0.3 is 14.1 Å². The Balaban J connectivity index is 1.87. The molecular formula is C25H25Cl2NO4. The van der Waals surface area contributed by atoms with E-state index in [1.807, 2.05) is 33.8 Å². The molecular weight excluding hydrogens is 449 g/mol. The highest BCUT2D eigenvalue weighted by Crippen LogP contribution is 2.40. The third-order valence-electron chi connectivity index (χ3n) is 5.67. The van der Waals surface area contributed by atoms with Gasteiger partial charge in [0.2, 0.25) is 5.76 Å². The van der Waals surface area contributed by atoms with Crippen molar-refractivity contribution in [2.24, 2.45) is 0 Å². The van der Waals surface area contributed by atoms with Crippen LogP contribution in [0.5, 0.6) is 0 Å². The first-order chi connectivity index (χ1) is 15.2. The van der Waals surface area contributed by atoms with E-state index >= 15 is 0 Å². The van der Waals surface area contributed by atoms with Gasteiger partial charge in [0.1, 0.15) is 5.58 Å². The zero-order chi connectivity index (χ0) is 23.2. The van der Waals surface area contributed by atoms with Crippen LogP contribution >= 0.6 is 23.2 Å². The van der Waals surface area contributed by atoms with Gasteiger partial charge in [-0.3, -0.25) is 9.59 Å². The van der Waals surface area contributed by atoms with Crippen molar-refractivity contribution in [3.05, 3.63) is 78.6 Å². The van der Waals surface area contributed by atoms with E-state index in [-0.39, 0.29) is 23.2 Å². The SMILES string of the molecule is Cc1cc(C)c2c(=O)c3c(oc2c1)C(=O)N(CCCOC(C)C)C3c1ccc(Cl)c(Cl)c1. The summed E-state index contributed by atoms with van der Waals surface area (Å²) in [5.74, 6) is -0.216. The molecule has 0 saturated heterocycles. The molecule has 0 spiro atoms. The molecule has 3 aromatic rings. The van der Waals surface area contributed by atoms with E-state index < -0.39 is 6.04 Å². The van der Waals surface area contributed by atoms with E-state index in [1.54, 1.807) is 29.2 Å². The van der Waals surface area contributed by atoms with Gasteiger partial charge in [0.05, 0.1) is 33.1 Å². The Morgan fingerprint density at radius 3 is 2.53 bits per heavy atom. The van der Waals surface area contributed by atoms with E-state index in [4.69, 9.17) is 32.4 Å². The number of fused-ring (bicyclic) bond motifs is 2. The number of nitrogens with zero attached hydrogens (tertiary/aromatic N) is 1. The minimum absolute atomic E-state index is 0.0911. The van der Waals surface area contributed by atoms with E-state index in [1.165, 1.54) is 0 Å². The highest BCUT2D eigenvalue weighted by atomic mass is 35.5. The van der Waals surface area contributed by atoms with Crippen LogP contribution in [0.25, 0.3) is 11.0 Å². The Morgan fingerprint density at radius 2 is 1.84 bits per heavy atom. The third-order valence-corrected chi connectivity index (χ3v) is 6.41. The van der Waals surface area contributed by atoms with Crippen LogP contribution in [0, 0.1) is 13.8 Å². The van der Waals surface area contributed by atoms with Gasteiger partial charge >= 0.3 is 0 Å². The molecule has 0 saturated carbocycles. The lowest BCUT2D eigenvalue weighted by atomic mass is 9.97. The predicted octanol–water partition coefficient (Wildman–Crippen LogP) is 6.08. The monoisotopic (exact) mass is 473 g/mol. The molecule has 0 fully saturated rings. The van der Waals surface area contributed by atoms with Crippen molar-refractivity contribution in [3.8, 4) is 0 Å². The van der Waals surface area contributed by atoms with E-state index in [0.29, 0.717) is 51.7 Å². The molecule has 1 aliphatic heterocycles. The lowest BCUT2D eigenvalue weighted by Crippen LogP contribution is -2.31. The fourth-order valence-corrected chi connectivity index (χ4v) is 4.63. The van der Waals surface area contributed by atoms with Crippen LogP contribution < -0.4 is 5.43 Å². The fraction of sp³-hybridized carbons (Fsp3) is 0.360. The van der Waals surface area contributed by atoms with E-state index in [2.05, 4.69) is 0 Å². The van der Waals surface area contributed by atoms with Gasteiger partial charge in [0.25, 0.3) is 5.91 Å². The normalized spacial score (nSPS) is 15.8. The number of carbonyl (C=O) groups excluding carboxylic acids is 1. The first kappa shape index (κ1) is 22.8. The molecule has 1 atom stereocenters. The fourth-order valence-electron chi connectivity index (χ4n) is 4.33. The second-order valence-electron chi connectivity index (χ2n) is 8.48. The molecule has 32 heavy (non-hydrogen) atoms. The Kier molecular flexibility index (Phi) is 6.35. The van der Waals surface area contributed by atoms with Crippen molar-refractivity contribution in [1.29, 1.82) is 0 Å². The maximum absolute atomic E-state index is 13.7. The predicted molar refractivity (Wildman–Crippen MR) is 127 cm³/mol. The van der Waals surface area contributed by atoms with Crippen LogP contribution in [0.3, 0.4) is 0 Å². The molecule has 0 radical (unpaired) electrons. The van der Waals surface area contributed by atoms with Crippen molar-refractivity contribution in [2.45, 2.75) is 46.3 Å². The van der Waals surface area contributed by atoms with Crippen molar-refractivity contribution in [1.82, 2.24) is 4.90 Å². The van der Waals surface area contributed by atoms with Crippen molar-refractivity contribution >= 4 is 40.1 Å². The van der Waals surface area contributed by atoms with Gasteiger partial charge in [-0.05, 0) is 69.0 Å². The van der Waals surface area contributed by atoms with Gasteiger partial charge in [-0.15, -0.1) is 0 Å². The summed E-state index contributed by atoms with van der Waals surface area (Å²) in [5, 5.41) is 1.27. The molecule has 1 aliphatic rings. The molecule has 5 nitrogen and oxygen atoms in total. The second-order valence-corrected chi connectivity index (χ2v) is 9.29. The number of hydrogen-bond acceptors (Lipinski definition) is 4. The number of amides is 1. The molecule has 1 amide bonds. The summed E-state index contributed by atoms with van der Waals surface area (Å²) in [6.45, 7) is 8.66. The molecule has 0 N–H and O–H groups in total. The van der Waals surface area contributed by atoms with Crippen LogP contribution in [0.15, 0.2) is 39.5 Å². The maximum Gasteiger partial charge on any atom is 0.290 e. The van der Waals surface area contributed by atoms with E-state index in [0.717, 1.165) is 11.1 Å². The van der Waals surface area contributed by atoms with Gasteiger partial charge in [-0.2, -0.15) is 0 Å². The lowest BCUT2D eigenvalue weighted by Gasteiger charge is -2.25. The molecule has 1 aromatic heterocycles. The largest absolute Gasteiger partial charge is 0.450 e. The summed E-state index contributed by atoms with van der Waals surface area (Å²) in [6, 6.07) is 8.32. The summed E-state index contributed by atoms with van der Waals surface area (Å²) < 4.78 is 11.7. The minimum atomic E-state index is -0.604. The van der Waals surface area contributed by atoms with Crippen molar-refractivity contribution in [3.63, 3.8) is 0 Å². The molecule has 168 valence electrons. The molecule has 1 unspecified atom stereocenters. The lowest BCUT2D eigenvalue weighted by molar-refractivity contribution is 0.0593. The number of rotatable bonds is 6. The van der Waals surface area contributed by atoms with Crippen molar-refractivity contribution < 1.29 is 13.9 Å². The van der Waals surface area contributed by atoms with Crippen LogP contribution in [0.1, 0.15) is 59.1 Å². The number of aryl methyl sites for hydroxylation is 2. The molecule has 4 rings (SSSR count). The summed E-state index contributed by atoms with van der Waals surface area (Å²) in [4.78, 5) is 28.8. The maximum atomic E-state index is 13.7. The quantitative estimate of drug-likeness (QED) is 0.407. The van der Waals surface area contributed by atoms with Crippen molar-refractivity contribution in [2.75, 3.05) is 13.2 Å². The Hall–Kier alpha value is -2.34. The van der Waals surface area contributed by atoms with Gasteiger partial charge in [-0.25, -0.2) is 0 Å². The van der Waals surface area contributed by atoms with Gasteiger partial charge in [0.15, 0.2) is 5.43 Å². The van der Waals surface area contributed by atoms with Gasteiger partial charge in [-0.1, -0.05) is 35.3 Å². The number of halogens is 2. The Labute approximate surface area is 196 Å². The smallest absolute Gasteiger partial charge is 0.290 e. The van der Waals surface area contributed by atoms with Crippen LogP contribution in [-0.4, -0.2) is 30.1 Å². The summed E-state index contributed by atoms with van der Waals surface area (Å²) in [5.41, 5.74) is 3.08. The second kappa shape index (κ2) is 8.89. The first-order valence-corrected chi connectivity index (χ1v) is 11.4. The number of hydrogen-bond donors (Lipinski definition) is 0. The molecule has 2 aromatic carbocycles. The first-order valence-electron chi connectivity index (χ1n) is 10.6. The van der Waals surface area contributed by atoms with Gasteiger partial charge in [0, 0.05) is 13.2 Å². The zero-order valence-corrected chi connectivity index (χ0v) is 20.0. The highest BCUT2D eigenvalue weighted by molar-refractivity contribution is 6.42. The summed E-state index contributed by atoms with van der Waals surface area (Å²) in [6.07, 6.45) is 0.730. The number of benzene rings is 2. The molecule has 7 heteroatoms. The minimum Gasteiger partial charge on any atom is -0.450 e. The number of ether oxygens (including phenoxy) is 1. The average molecular weight is 474 g/mol. The summed E-state index contributed by atoms with van der Waals surface area (Å²) in [7, 11) is 0. The molecule has 0 aliphatic carbocycles. The van der Waals surface area contributed by atoms with Crippen LogP contribution in [0.4, 0.5) is 0 Å². The highest BCUT2D eigenvalue weighted by Gasteiger charge is 2.42. The molecule has 2 heterocycles. The third kappa shape index (κ3) is 4.05. The van der Waals surface area contributed by atoms with Crippen LogP contribution in [-0.2, 0) is 4.74 Å². The van der Waals surface area contributed by atoms with E-state index in [9.17, 15) is 9.59 Å². The topological polar surface area (TPSA) is 59.8 Å². The van der Waals surface area contributed by atoms with Crippen LogP contribution in [0.2, 0.25) is 10.0 Å². The average Bonchev–Trinajstić information content (AvgIpc) is 2.99. The standard InChI is InChI=1S/C25H25Cl2NO4/c1-13(2)31-9-5-8-28-22(16-6-7-17(26)18(27)12-16)21-23(29)20-15(4)10-14(3)11-19(20)32-24(21)25(28)30/h6-7,10-13,22H,5,8-9H2,1-4H3. The Morgan fingerprint density at radius 1 is 1.09 bits per heavy atom. The zero-order valence-electron chi connectivity index (χ0n) is 18.5. The number of carbonyl (C=O) groups is 1.